The van der Waals surface area contributed by atoms with Crippen LogP contribution in [-0.4, -0.2) is 19.1 Å². The SMILES string of the molecule is CCN(CC)c1ccc2c(c1)Oc1cc(C(C)(C)C)ccc1C21OC(=O)c2cc(C)ccc21. The number of esters is 1. The molecule has 0 saturated carbocycles. The molecule has 0 radical (unpaired) electrons. The summed E-state index contributed by atoms with van der Waals surface area (Å²) in [5, 5.41) is 0. The summed E-state index contributed by atoms with van der Waals surface area (Å²) in [6, 6.07) is 18.5. The Kier molecular flexibility index (Phi) is 4.82. The van der Waals surface area contributed by atoms with Crippen LogP contribution in [0.3, 0.4) is 0 Å². The molecule has 5 rings (SSSR count). The second-order valence-electron chi connectivity index (χ2n) is 10.0. The highest BCUT2D eigenvalue weighted by molar-refractivity contribution is 5.97. The molecule has 33 heavy (non-hydrogen) atoms. The molecule has 2 aliphatic rings. The van der Waals surface area contributed by atoms with Crippen molar-refractivity contribution in [3.8, 4) is 11.5 Å². The average molecular weight is 442 g/mol. The zero-order chi connectivity index (χ0) is 23.5. The van der Waals surface area contributed by atoms with Crippen LogP contribution in [0.4, 0.5) is 5.69 Å². The normalized spacial score (nSPS) is 18.3. The van der Waals surface area contributed by atoms with Crippen molar-refractivity contribution in [3.63, 3.8) is 0 Å². The summed E-state index contributed by atoms with van der Waals surface area (Å²) in [6.07, 6.45) is 0. The van der Waals surface area contributed by atoms with Crippen LogP contribution in [0.25, 0.3) is 0 Å². The van der Waals surface area contributed by atoms with E-state index in [2.05, 4.69) is 75.9 Å². The van der Waals surface area contributed by atoms with Crippen molar-refractivity contribution in [1.82, 2.24) is 0 Å². The zero-order valence-corrected chi connectivity index (χ0v) is 20.3. The number of hydrogen-bond acceptors (Lipinski definition) is 4. The highest BCUT2D eigenvalue weighted by atomic mass is 16.6. The maximum absolute atomic E-state index is 13.1. The molecule has 3 aromatic rings. The van der Waals surface area contributed by atoms with Gasteiger partial charge in [0.05, 0.1) is 5.56 Å². The smallest absolute Gasteiger partial charge is 0.340 e. The Labute approximate surface area is 196 Å². The van der Waals surface area contributed by atoms with Gasteiger partial charge in [0.1, 0.15) is 11.5 Å². The lowest BCUT2D eigenvalue weighted by Gasteiger charge is -2.38. The topological polar surface area (TPSA) is 38.8 Å². The van der Waals surface area contributed by atoms with Crippen LogP contribution in [0.2, 0.25) is 0 Å². The molecule has 0 aromatic heterocycles. The van der Waals surface area contributed by atoms with Crippen molar-refractivity contribution < 1.29 is 14.3 Å². The standard InChI is InChI=1S/C29H31NO3/c1-7-30(8-2)20-11-14-24-26(17-20)32-25-16-19(28(4,5)6)10-13-23(25)29(24)22-12-9-18(3)15-21(22)27(31)33-29/h9-17H,7-8H2,1-6H3. The highest BCUT2D eigenvalue weighted by Gasteiger charge is 2.53. The molecule has 2 heterocycles. The molecule has 4 heteroatoms. The molecule has 0 saturated heterocycles. The number of carbonyl (C=O) groups excluding carboxylic acids is 1. The van der Waals surface area contributed by atoms with E-state index in [-0.39, 0.29) is 11.4 Å². The first-order valence-corrected chi connectivity index (χ1v) is 11.8. The summed E-state index contributed by atoms with van der Waals surface area (Å²) in [5.74, 6) is 1.19. The fourth-order valence-corrected chi connectivity index (χ4v) is 5.08. The largest absolute Gasteiger partial charge is 0.456 e. The summed E-state index contributed by atoms with van der Waals surface area (Å²) >= 11 is 0. The van der Waals surface area contributed by atoms with Gasteiger partial charge in [0.2, 0.25) is 0 Å². The van der Waals surface area contributed by atoms with Gasteiger partial charge in [-0.3, -0.25) is 0 Å². The minimum absolute atomic E-state index is 0.0315. The van der Waals surface area contributed by atoms with Crippen molar-refractivity contribution in [1.29, 1.82) is 0 Å². The predicted octanol–water partition coefficient (Wildman–Crippen LogP) is 6.71. The molecule has 2 aliphatic heterocycles. The lowest BCUT2D eigenvalue weighted by molar-refractivity contribution is 0.0224. The molecule has 1 unspecified atom stereocenters. The lowest BCUT2D eigenvalue weighted by atomic mass is 9.76. The van der Waals surface area contributed by atoms with E-state index in [1.807, 2.05) is 25.1 Å². The first-order chi connectivity index (χ1) is 15.7. The van der Waals surface area contributed by atoms with Gasteiger partial charge in [-0.1, -0.05) is 50.6 Å². The number of hydrogen-bond donors (Lipinski definition) is 0. The van der Waals surface area contributed by atoms with Crippen LogP contribution >= 0.6 is 0 Å². The highest BCUT2D eigenvalue weighted by Crippen LogP contribution is 2.57. The molecule has 0 N–H and O–H groups in total. The fraction of sp³-hybridized carbons (Fsp3) is 0.345. The average Bonchev–Trinajstić information content (AvgIpc) is 3.06. The summed E-state index contributed by atoms with van der Waals surface area (Å²) in [7, 11) is 0. The van der Waals surface area contributed by atoms with Crippen molar-refractivity contribution in [2.45, 2.75) is 52.6 Å². The third kappa shape index (κ3) is 3.15. The lowest BCUT2D eigenvalue weighted by Crippen LogP contribution is -2.33. The summed E-state index contributed by atoms with van der Waals surface area (Å²) < 4.78 is 12.9. The van der Waals surface area contributed by atoms with E-state index >= 15 is 0 Å². The van der Waals surface area contributed by atoms with E-state index in [1.54, 1.807) is 0 Å². The molecule has 1 atom stereocenters. The van der Waals surface area contributed by atoms with Crippen molar-refractivity contribution in [3.05, 3.63) is 88.0 Å². The number of nitrogens with zero attached hydrogens (tertiary/aromatic N) is 1. The molecule has 1 spiro atoms. The molecule has 0 aliphatic carbocycles. The molecule has 170 valence electrons. The summed E-state index contributed by atoms with van der Waals surface area (Å²) in [5.41, 5.74) is 5.50. The van der Waals surface area contributed by atoms with Crippen LogP contribution < -0.4 is 9.64 Å². The second-order valence-corrected chi connectivity index (χ2v) is 10.0. The number of aryl methyl sites for hydroxylation is 1. The van der Waals surface area contributed by atoms with Gasteiger partial charge in [0.25, 0.3) is 0 Å². The zero-order valence-electron chi connectivity index (χ0n) is 20.3. The molecule has 3 aromatic carbocycles. The maximum Gasteiger partial charge on any atom is 0.340 e. The Morgan fingerprint density at radius 2 is 1.48 bits per heavy atom. The molecule has 0 bridgehead atoms. The maximum atomic E-state index is 13.1. The van der Waals surface area contributed by atoms with Crippen LogP contribution in [-0.2, 0) is 15.8 Å². The fourth-order valence-electron chi connectivity index (χ4n) is 5.08. The van der Waals surface area contributed by atoms with Gasteiger partial charge in [-0.15, -0.1) is 0 Å². The van der Waals surface area contributed by atoms with Crippen LogP contribution in [0, 0.1) is 6.92 Å². The first-order valence-electron chi connectivity index (χ1n) is 11.8. The third-order valence-corrected chi connectivity index (χ3v) is 6.94. The van der Waals surface area contributed by atoms with Crippen LogP contribution in [0.15, 0.2) is 54.6 Å². The van der Waals surface area contributed by atoms with E-state index in [9.17, 15) is 4.79 Å². The monoisotopic (exact) mass is 441 g/mol. The molecule has 0 amide bonds. The molecule has 0 fully saturated rings. The Balaban J connectivity index is 1.80. The Morgan fingerprint density at radius 1 is 0.848 bits per heavy atom. The Hall–Kier alpha value is -3.27. The summed E-state index contributed by atoms with van der Waals surface area (Å²) in [6.45, 7) is 14.7. The van der Waals surface area contributed by atoms with E-state index < -0.39 is 5.60 Å². The summed E-state index contributed by atoms with van der Waals surface area (Å²) in [4.78, 5) is 15.4. The van der Waals surface area contributed by atoms with E-state index in [4.69, 9.17) is 9.47 Å². The van der Waals surface area contributed by atoms with Gasteiger partial charge in [-0.2, -0.15) is 0 Å². The molecular weight excluding hydrogens is 410 g/mol. The second kappa shape index (κ2) is 7.38. The Bertz CT molecular complexity index is 1270. The van der Waals surface area contributed by atoms with Gasteiger partial charge >= 0.3 is 5.97 Å². The van der Waals surface area contributed by atoms with Gasteiger partial charge < -0.3 is 14.4 Å². The number of ether oxygens (including phenoxy) is 2. The van der Waals surface area contributed by atoms with Gasteiger partial charge in [0, 0.05) is 41.5 Å². The predicted molar refractivity (Wildman–Crippen MR) is 132 cm³/mol. The molecule has 4 nitrogen and oxygen atoms in total. The third-order valence-electron chi connectivity index (χ3n) is 6.94. The van der Waals surface area contributed by atoms with Gasteiger partial charge in [-0.25, -0.2) is 4.79 Å². The Morgan fingerprint density at radius 3 is 2.15 bits per heavy atom. The number of carbonyl (C=O) groups is 1. The number of benzene rings is 3. The first kappa shape index (κ1) is 21.6. The molecular formula is C29H31NO3. The van der Waals surface area contributed by atoms with E-state index in [0.29, 0.717) is 5.56 Å². The number of anilines is 1. The van der Waals surface area contributed by atoms with Crippen molar-refractivity contribution >= 4 is 11.7 Å². The van der Waals surface area contributed by atoms with Crippen molar-refractivity contribution in [2.24, 2.45) is 0 Å². The van der Waals surface area contributed by atoms with Gasteiger partial charge in [0.15, 0.2) is 5.60 Å². The van der Waals surface area contributed by atoms with E-state index in [0.717, 1.165) is 52.5 Å². The van der Waals surface area contributed by atoms with Crippen LogP contribution in [0.5, 0.6) is 11.5 Å². The minimum atomic E-state index is -1.01. The van der Waals surface area contributed by atoms with Gasteiger partial charge in [-0.05, 0) is 56.0 Å². The van der Waals surface area contributed by atoms with E-state index in [1.165, 1.54) is 5.56 Å². The van der Waals surface area contributed by atoms with Crippen LogP contribution in [0.1, 0.15) is 72.8 Å². The van der Waals surface area contributed by atoms with Crippen molar-refractivity contribution in [2.75, 3.05) is 18.0 Å². The minimum Gasteiger partial charge on any atom is -0.456 e. The quantitative estimate of drug-likeness (QED) is 0.424. The number of rotatable bonds is 3. The number of fused-ring (bicyclic) bond motifs is 6.